The van der Waals surface area contributed by atoms with Gasteiger partial charge in [0.25, 0.3) is 0 Å². The third kappa shape index (κ3) is 6.16. The summed E-state index contributed by atoms with van der Waals surface area (Å²) in [5.74, 6) is 0.712. The molecule has 0 aliphatic heterocycles. The standard InChI is InChI=1S/C20H26ClNO2/c1-20(2,3)22(13-16-7-5-4-6-8-16)14-18(23)15-24-19-11-9-17(21)10-12-19/h4-12,18,23H,13-15H2,1-3H3. The van der Waals surface area contributed by atoms with Crippen molar-refractivity contribution in [2.75, 3.05) is 13.2 Å². The van der Waals surface area contributed by atoms with Crippen LogP contribution in [0.4, 0.5) is 0 Å². The van der Waals surface area contributed by atoms with E-state index in [0.717, 1.165) is 6.54 Å². The Morgan fingerprint density at radius 3 is 2.25 bits per heavy atom. The first-order chi connectivity index (χ1) is 11.3. The fraction of sp³-hybridized carbons (Fsp3) is 0.400. The zero-order chi connectivity index (χ0) is 17.6. The molecule has 0 saturated heterocycles. The molecule has 0 bridgehead atoms. The molecular weight excluding hydrogens is 322 g/mol. The SMILES string of the molecule is CC(C)(C)N(Cc1ccccc1)CC(O)COc1ccc(Cl)cc1. The molecule has 0 heterocycles. The second kappa shape index (κ2) is 8.52. The third-order valence-electron chi connectivity index (χ3n) is 3.85. The van der Waals surface area contributed by atoms with Gasteiger partial charge in [0.05, 0.1) is 0 Å². The van der Waals surface area contributed by atoms with E-state index in [1.165, 1.54) is 5.56 Å². The molecule has 130 valence electrons. The Morgan fingerprint density at radius 2 is 1.67 bits per heavy atom. The van der Waals surface area contributed by atoms with Crippen LogP contribution < -0.4 is 4.74 Å². The number of ether oxygens (including phenoxy) is 1. The molecule has 1 atom stereocenters. The van der Waals surface area contributed by atoms with Gasteiger partial charge in [-0.1, -0.05) is 41.9 Å². The normalized spacial score (nSPS) is 13.1. The summed E-state index contributed by atoms with van der Waals surface area (Å²) < 4.78 is 5.65. The molecule has 0 aromatic heterocycles. The largest absolute Gasteiger partial charge is 0.491 e. The maximum absolute atomic E-state index is 10.4. The summed E-state index contributed by atoms with van der Waals surface area (Å²) in [7, 11) is 0. The molecule has 1 unspecified atom stereocenters. The monoisotopic (exact) mass is 347 g/mol. The van der Waals surface area contributed by atoms with Crippen LogP contribution in [0.2, 0.25) is 5.02 Å². The highest BCUT2D eigenvalue weighted by molar-refractivity contribution is 6.30. The number of nitrogens with zero attached hydrogens (tertiary/aromatic N) is 1. The van der Waals surface area contributed by atoms with Gasteiger partial charge in [0.15, 0.2) is 0 Å². The van der Waals surface area contributed by atoms with Crippen LogP contribution in [0.3, 0.4) is 0 Å². The summed E-state index contributed by atoms with van der Waals surface area (Å²) in [6.45, 7) is 8.06. The minimum Gasteiger partial charge on any atom is -0.491 e. The van der Waals surface area contributed by atoms with Crippen molar-refractivity contribution in [1.29, 1.82) is 0 Å². The highest BCUT2D eigenvalue weighted by atomic mass is 35.5. The van der Waals surface area contributed by atoms with Gasteiger partial charge in [0.2, 0.25) is 0 Å². The third-order valence-corrected chi connectivity index (χ3v) is 4.10. The van der Waals surface area contributed by atoms with E-state index in [4.69, 9.17) is 16.3 Å². The second-order valence-corrected chi connectivity index (χ2v) is 7.39. The maximum atomic E-state index is 10.4. The van der Waals surface area contributed by atoms with Gasteiger partial charge < -0.3 is 9.84 Å². The molecule has 0 amide bonds. The van der Waals surface area contributed by atoms with Crippen LogP contribution in [0.1, 0.15) is 26.3 Å². The first-order valence-corrected chi connectivity index (χ1v) is 8.58. The summed E-state index contributed by atoms with van der Waals surface area (Å²) in [6, 6.07) is 17.5. The Balaban J connectivity index is 1.92. The number of β-amino-alcohol motifs (C(OH)–C–C–N with tert-alkyl or cyclic N) is 1. The van der Waals surface area contributed by atoms with E-state index < -0.39 is 6.10 Å². The lowest BCUT2D eigenvalue weighted by Crippen LogP contribution is -2.46. The van der Waals surface area contributed by atoms with Gasteiger partial charge in [-0.3, -0.25) is 4.90 Å². The van der Waals surface area contributed by atoms with Crippen LogP contribution in [0.15, 0.2) is 54.6 Å². The Hall–Kier alpha value is -1.55. The van der Waals surface area contributed by atoms with E-state index in [1.54, 1.807) is 24.3 Å². The smallest absolute Gasteiger partial charge is 0.119 e. The van der Waals surface area contributed by atoms with E-state index in [2.05, 4.69) is 37.8 Å². The average molecular weight is 348 g/mol. The van der Waals surface area contributed by atoms with Crippen molar-refractivity contribution in [2.24, 2.45) is 0 Å². The van der Waals surface area contributed by atoms with Gasteiger partial charge >= 0.3 is 0 Å². The lowest BCUT2D eigenvalue weighted by Gasteiger charge is -2.37. The minimum atomic E-state index is -0.566. The molecular formula is C20H26ClNO2. The van der Waals surface area contributed by atoms with E-state index in [1.807, 2.05) is 18.2 Å². The number of rotatable bonds is 7. The highest BCUT2D eigenvalue weighted by Crippen LogP contribution is 2.19. The molecule has 2 aromatic carbocycles. The molecule has 0 aliphatic carbocycles. The van der Waals surface area contributed by atoms with Gasteiger partial charge in [-0.15, -0.1) is 0 Å². The molecule has 0 aliphatic rings. The summed E-state index contributed by atoms with van der Waals surface area (Å²) in [6.07, 6.45) is -0.566. The first kappa shape index (κ1) is 18.8. The molecule has 0 fully saturated rings. The van der Waals surface area contributed by atoms with Crippen LogP contribution in [0.25, 0.3) is 0 Å². The quantitative estimate of drug-likeness (QED) is 0.806. The lowest BCUT2D eigenvalue weighted by atomic mass is 10.0. The van der Waals surface area contributed by atoms with Crippen molar-refractivity contribution in [3.63, 3.8) is 0 Å². The number of hydrogen-bond acceptors (Lipinski definition) is 3. The Bertz CT molecular complexity index is 608. The molecule has 2 rings (SSSR count). The molecule has 3 nitrogen and oxygen atoms in total. The van der Waals surface area contributed by atoms with Crippen LogP contribution in [0, 0.1) is 0 Å². The zero-order valence-corrected chi connectivity index (χ0v) is 15.3. The summed E-state index contributed by atoms with van der Waals surface area (Å²) >= 11 is 5.86. The van der Waals surface area contributed by atoms with Crippen LogP contribution >= 0.6 is 11.6 Å². The molecule has 4 heteroatoms. The molecule has 0 radical (unpaired) electrons. The molecule has 0 saturated carbocycles. The van der Waals surface area contributed by atoms with Crippen molar-refractivity contribution < 1.29 is 9.84 Å². The van der Waals surface area contributed by atoms with Gasteiger partial charge in [-0.05, 0) is 50.6 Å². The maximum Gasteiger partial charge on any atom is 0.119 e. The van der Waals surface area contributed by atoms with Gasteiger partial charge in [-0.2, -0.15) is 0 Å². The van der Waals surface area contributed by atoms with Gasteiger partial charge in [0.1, 0.15) is 18.5 Å². The van der Waals surface area contributed by atoms with E-state index >= 15 is 0 Å². The number of hydrogen-bond donors (Lipinski definition) is 1. The Labute approximate surface area is 149 Å². The number of aliphatic hydroxyl groups excluding tert-OH is 1. The van der Waals surface area contributed by atoms with Crippen LogP contribution in [-0.4, -0.2) is 34.8 Å². The van der Waals surface area contributed by atoms with Crippen LogP contribution in [-0.2, 0) is 6.54 Å². The Morgan fingerprint density at radius 1 is 1.04 bits per heavy atom. The van der Waals surface area contributed by atoms with Crippen LogP contribution in [0.5, 0.6) is 5.75 Å². The summed E-state index contributed by atoms with van der Waals surface area (Å²) in [4.78, 5) is 2.26. The predicted octanol–water partition coefficient (Wildman–Crippen LogP) is 4.38. The number of benzene rings is 2. The van der Waals surface area contributed by atoms with Gasteiger partial charge in [0, 0.05) is 23.7 Å². The van der Waals surface area contributed by atoms with E-state index in [-0.39, 0.29) is 12.1 Å². The molecule has 1 N–H and O–H groups in total. The lowest BCUT2D eigenvalue weighted by molar-refractivity contribution is 0.0285. The van der Waals surface area contributed by atoms with Crippen molar-refractivity contribution in [1.82, 2.24) is 4.90 Å². The topological polar surface area (TPSA) is 32.7 Å². The first-order valence-electron chi connectivity index (χ1n) is 8.20. The van der Waals surface area contributed by atoms with Crippen molar-refractivity contribution >= 4 is 11.6 Å². The molecule has 2 aromatic rings. The number of aliphatic hydroxyl groups is 1. The second-order valence-electron chi connectivity index (χ2n) is 6.96. The highest BCUT2D eigenvalue weighted by Gasteiger charge is 2.24. The van der Waals surface area contributed by atoms with Gasteiger partial charge in [-0.25, -0.2) is 0 Å². The average Bonchev–Trinajstić information content (AvgIpc) is 2.54. The fourth-order valence-electron chi connectivity index (χ4n) is 2.41. The molecule has 24 heavy (non-hydrogen) atoms. The van der Waals surface area contributed by atoms with E-state index in [9.17, 15) is 5.11 Å². The minimum absolute atomic E-state index is 0.0445. The van der Waals surface area contributed by atoms with Crippen molar-refractivity contribution in [2.45, 2.75) is 39.0 Å². The summed E-state index contributed by atoms with van der Waals surface area (Å²) in [5.41, 5.74) is 1.19. The van der Waals surface area contributed by atoms with Crippen molar-refractivity contribution in [3.8, 4) is 5.75 Å². The number of halogens is 1. The summed E-state index contributed by atoms with van der Waals surface area (Å²) in [5, 5.41) is 11.1. The predicted molar refractivity (Wildman–Crippen MR) is 99.6 cm³/mol. The van der Waals surface area contributed by atoms with E-state index in [0.29, 0.717) is 17.3 Å². The molecule has 0 spiro atoms. The fourth-order valence-corrected chi connectivity index (χ4v) is 2.54. The van der Waals surface area contributed by atoms with Crippen molar-refractivity contribution in [3.05, 3.63) is 65.2 Å². The zero-order valence-electron chi connectivity index (χ0n) is 14.6. The Kier molecular flexibility index (Phi) is 6.67.